The van der Waals surface area contributed by atoms with E-state index < -0.39 is 0 Å². The number of carbonyl (C=O) groups is 1. The summed E-state index contributed by atoms with van der Waals surface area (Å²) in [6.07, 6.45) is 2.61. The Morgan fingerprint density at radius 1 is 1.13 bits per heavy atom. The molecule has 4 heteroatoms. The Balaban J connectivity index is 1.58. The quantitative estimate of drug-likeness (QED) is 0.677. The van der Waals surface area contributed by atoms with Gasteiger partial charge in [-0.1, -0.05) is 30.3 Å². The van der Waals surface area contributed by atoms with Crippen molar-refractivity contribution in [3.63, 3.8) is 0 Å². The summed E-state index contributed by atoms with van der Waals surface area (Å²) in [5.74, 6) is 0.127. The lowest BCUT2D eigenvalue weighted by atomic mass is 9.86. The smallest absolute Gasteiger partial charge is 0.227 e. The number of anilines is 1. The van der Waals surface area contributed by atoms with Gasteiger partial charge in [0.05, 0.1) is 5.69 Å². The van der Waals surface area contributed by atoms with Gasteiger partial charge in [-0.15, -0.1) is 0 Å². The molecule has 3 nitrogen and oxygen atoms in total. The van der Waals surface area contributed by atoms with E-state index in [1.54, 1.807) is 0 Å². The number of nitrogens with one attached hydrogen (secondary N) is 2. The minimum Gasteiger partial charge on any atom is -0.358 e. The molecule has 0 aliphatic heterocycles. The number of benzene rings is 2. The molecule has 1 unspecified atom stereocenters. The maximum Gasteiger partial charge on any atom is 0.227 e. The maximum atomic E-state index is 12.6. The minimum absolute atomic E-state index is 0.0220. The van der Waals surface area contributed by atoms with Gasteiger partial charge in [0.1, 0.15) is 0 Å². The number of rotatable bonds is 2. The number of hydrogen-bond donors (Lipinski definition) is 2. The van der Waals surface area contributed by atoms with Crippen molar-refractivity contribution < 1.29 is 4.79 Å². The average molecular weight is 369 g/mol. The third-order valence-corrected chi connectivity index (χ3v) is 5.29. The van der Waals surface area contributed by atoms with Crippen LogP contribution in [0.5, 0.6) is 0 Å². The van der Waals surface area contributed by atoms with E-state index in [2.05, 4.69) is 44.4 Å². The molecule has 0 saturated heterocycles. The van der Waals surface area contributed by atoms with Gasteiger partial charge in [-0.3, -0.25) is 4.79 Å². The number of halogens is 1. The van der Waals surface area contributed by atoms with Crippen molar-refractivity contribution >= 4 is 38.4 Å². The Bertz CT molecular complexity index is 884. The molecule has 23 heavy (non-hydrogen) atoms. The summed E-state index contributed by atoms with van der Waals surface area (Å²) >= 11 is 3.48. The van der Waals surface area contributed by atoms with Crippen molar-refractivity contribution in [2.45, 2.75) is 19.3 Å². The van der Waals surface area contributed by atoms with Gasteiger partial charge in [-0.2, -0.15) is 0 Å². The second kappa shape index (κ2) is 5.85. The van der Waals surface area contributed by atoms with Crippen LogP contribution in [0.2, 0.25) is 0 Å². The van der Waals surface area contributed by atoms with Crippen LogP contribution in [0.4, 0.5) is 5.69 Å². The number of amides is 1. The fourth-order valence-corrected chi connectivity index (χ4v) is 3.77. The lowest BCUT2D eigenvalue weighted by molar-refractivity contribution is -0.120. The summed E-state index contributed by atoms with van der Waals surface area (Å²) < 4.78 is 0.914. The highest BCUT2D eigenvalue weighted by molar-refractivity contribution is 9.10. The zero-order chi connectivity index (χ0) is 15.8. The molecule has 2 aromatic carbocycles. The predicted molar refractivity (Wildman–Crippen MR) is 96.6 cm³/mol. The van der Waals surface area contributed by atoms with Crippen molar-refractivity contribution in [2.24, 2.45) is 5.92 Å². The summed E-state index contributed by atoms with van der Waals surface area (Å²) in [7, 11) is 0. The van der Waals surface area contributed by atoms with E-state index in [-0.39, 0.29) is 11.8 Å². The van der Waals surface area contributed by atoms with Crippen molar-refractivity contribution in [3.05, 3.63) is 64.3 Å². The Hall–Kier alpha value is -2.07. The fraction of sp³-hybridized carbons (Fsp3) is 0.211. The molecule has 2 N–H and O–H groups in total. The Morgan fingerprint density at radius 2 is 1.91 bits per heavy atom. The Kier molecular flexibility index (Phi) is 3.69. The molecule has 4 rings (SSSR count). The Labute approximate surface area is 143 Å². The van der Waals surface area contributed by atoms with Gasteiger partial charge in [-0.05, 0) is 59.0 Å². The second-order valence-electron chi connectivity index (χ2n) is 6.04. The van der Waals surface area contributed by atoms with Crippen molar-refractivity contribution in [1.82, 2.24) is 4.98 Å². The molecule has 0 radical (unpaired) electrons. The molecule has 1 aliphatic carbocycles. The molecule has 0 spiro atoms. The molecule has 3 aromatic rings. The van der Waals surface area contributed by atoms with Gasteiger partial charge < -0.3 is 10.3 Å². The minimum atomic E-state index is 0.0220. The van der Waals surface area contributed by atoms with Gasteiger partial charge >= 0.3 is 0 Å². The van der Waals surface area contributed by atoms with Crippen LogP contribution in [-0.2, 0) is 17.6 Å². The van der Waals surface area contributed by atoms with E-state index in [9.17, 15) is 4.79 Å². The number of hydrogen-bond acceptors (Lipinski definition) is 1. The third kappa shape index (κ3) is 2.68. The van der Waals surface area contributed by atoms with E-state index in [4.69, 9.17) is 0 Å². The van der Waals surface area contributed by atoms with E-state index in [1.807, 2.05) is 30.3 Å². The third-order valence-electron chi connectivity index (χ3n) is 4.60. The number of aryl methyl sites for hydroxylation is 1. The molecule has 1 amide bonds. The number of aromatic nitrogens is 1. The summed E-state index contributed by atoms with van der Waals surface area (Å²) in [5, 5.41) is 4.31. The summed E-state index contributed by atoms with van der Waals surface area (Å²) in [6, 6.07) is 16.1. The van der Waals surface area contributed by atoms with Gasteiger partial charge in [0.2, 0.25) is 5.91 Å². The van der Waals surface area contributed by atoms with Crippen LogP contribution in [0, 0.1) is 5.92 Å². The van der Waals surface area contributed by atoms with Crippen LogP contribution in [0.3, 0.4) is 0 Å². The maximum absolute atomic E-state index is 12.6. The molecular weight excluding hydrogens is 352 g/mol. The van der Waals surface area contributed by atoms with E-state index in [0.717, 1.165) is 29.4 Å². The average Bonchev–Trinajstić information content (AvgIpc) is 2.94. The Morgan fingerprint density at radius 3 is 2.78 bits per heavy atom. The number of para-hydroxylation sites is 2. The molecular formula is C19H17BrN2O. The first-order valence-electron chi connectivity index (χ1n) is 7.86. The van der Waals surface area contributed by atoms with Crippen LogP contribution in [0.15, 0.2) is 53.0 Å². The van der Waals surface area contributed by atoms with Crippen LogP contribution in [-0.4, -0.2) is 10.9 Å². The summed E-state index contributed by atoms with van der Waals surface area (Å²) in [4.78, 5) is 16.1. The topological polar surface area (TPSA) is 44.9 Å². The number of H-pyrrole nitrogens is 1. The van der Waals surface area contributed by atoms with Crippen LogP contribution >= 0.6 is 15.9 Å². The second-order valence-corrected chi connectivity index (χ2v) is 6.89. The van der Waals surface area contributed by atoms with Crippen LogP contribution < -0.4 is 5.32 Å². The highest BCUT2D eigenvalue weighted by atomic mass is 79.9. The van der Waals surface area contributed by atoms with E-state index >= 15 is 0 Å². The van der Waals surface area contributed by atoms with Gasteiger partial charge in [0.25, 0.3) is 0 Å². The molecule has 0 bridgehead atoms. The number of aromatic amines is 1. The monoisotopic (exact) mass is 368 g/mol. The summed E-state index contributed by atoms with van der Waals surface area (Å²) in [6.45, 7) is 0. The first kappa shape index (κ1) is 14.5. The lowest BCUT2D eigenvalue weighted by Crippen LogP contribution is -2.28. The molecule has 1 atom stereocenters. The molecule has 0 fully saturated rings. The van der Waals surface area contributed by atoms with Crippen LogP contribution in [0.25, 0.3) is 10.9 Å². The molecule has 1 heterocycles. The van der Waals surface area contributed by atoms with E-state index in [1.165, 1.54) is 22.2 Å². The molecule has 1 aromatic heterocycles. The molecule has 0 saturated carbocycles. The fourth-order valence-electron chi connectivity index (χ4n) is 3.39. The van der Waals surface area contributed by atoms with Crippen molar-refractivity contribution in [3.8, 4) is 0 Å². The van der Waals surface area contributed by atoms with Crippen molar-refractivity contribution in [1.29, 1.82) is 0 Å². The van der Waals surface area contributed by atoms with Gasteiger partial charge in [0, 0.05) is 27.0 Å². The highest BCUT2D eigenvalue weighted by Gasteiger charge is 2.27. The first-order valence-corrected chi connectivity index (χ1v) is 8.65. The first-order chi connectivity index (χ1) is 11.2. The number of carbonyl (C=O) groups excluding carboxylic acids is 1. The van der Waals surface area contributed by atoms with Gasteiger partial charge in [0.15, 0.2) is 0 Å². The summed E-state index contributed by atoms with van der Waals surface area (Å²) in [5.41, 5.74) is 4.60. The normalized spacial score (nSPS) is 17.0. The zero-order valence-corrected chi connectivity index (χ0v) is 14.2. The predicted octanol–water partition coefficient (Wildman–Crippen LogP) is 4.67. The standard InChI is InChI=1S/C19H17BrN2O/c20-15-6-2-4-8-18(15)22-19(23)12-9-10-17-14(11-12)13-5-1-3-7-16(13)21-17/h1-8,12,21H,9-11H2,(H,22,23). The van der Waals surface area contributed by atoms with E-state index in [0.29, 0.717) is 0 Å². The number of fused-ring (bicyclic) bond motifs is 3. The molecule has 1 aliphatic rings. The highest BCUT2D eigenvalue weighted by Crippen LogP contribution is 2.32. The zero-order valence-electron chi connectivity index (χ0n) is 12.6. The SMILES string of the molecule is O=C(Nc1ccccc1Br)C1CCc2[nH]c3ccccc3c2C1. The largest absolute Gasteiger partial charge is 0.358 e. The van der Waals surface area contributed by atoms with Crippen molar-refractivity contribution in [2.75, 3.05) is 5.32 Å². The lowest BCUT2D eigenvalue weighted by Gasteiger charge is -2.22. The molecule has 116 valence electrons. The van der Waals surface area contributed by atoms with Gasteiger partial charge in [-0.25, -0.2) is 0 Å². The van der Waals surface area contributed by atoms with Crippen LogP contribution in [0.1, 0.15) is 17.7 Å².